The van der Waals surface area contributed by atoms with Gasteiger partial charge in [0.25, 0.3) is 5.56 Å². The third-order valence-corrected chi connectivity index (χ3v) is 8.68. The van der Waals surface area contributed by atoms with E-state index in [1.807, 2.05) is 6.07 Å². The van der Waals surface area contributed by atoms with E-state index in [-0.39, 0.29) is 70.7 Å². The van der Waals surface area contributed by atoms with Crippen LogP contribution in [-0.4, -0.2) is 71.0 Å². The molecular weight excluding hydrogens is 577 g/mol. The monoisotopic (exact) mass is 598 g/mol. The normalized spacial score (nSPS) is 14.8. The van der Waals surface area contributed by atoms with E-state index in [1.165, 1.54) is 25.1 Å². The predicted octanol–water partition coefficient (Wildman–Crippen LogP) is 3.40. The third kappa shape index (κ3) is 5.69. The minimum atomic E-state index is -4.89. The highest BCUT2D eigenvalue weighted by Gasteiger charge is 2.37. The number of alkyl halides is 3. The number of hydrogen-bond acceptors (Lipinski definition) is 8. The van der Waals surface area contributed by atoms with E-state index in [0.29, 0.717) is 6.07 Å². The van der Waals surface area contributed by atoms with Crippen molar-refractivity contribution in [2.45, 2.75) is 24.5 Å². The summed E-state index contributed by atoms with van der Waals surface area (Å²) < 4.78 is 68.3. The number of carboxylic acid groups (broad SMARTS) is 1. The fourth-order valence-corrected chi connectivity index (χ4v) is 5.66. The Morgan fingerprint density at radius 2 is 1.90 bits per heavy atom. The van der Waals surface area contributed by atoms with Crippen molar-refractivity contribution in [3.63, 3.8) is 0 Å². The van der Waals surface area contributed by atoms with Gasteiger partial charge in [-0.2, -0.15) is 18.4 Å². The average molecular weight is 599 g/mol. The largest absolute Gasteiger partial charge is 0.465 e. The molecule has 0 unspecified atom stereocenters. The first kappa shape index (κ1) is 29.1. The number of carbonyl (C=O) groups is 1. The van der Waals surface area contributed by atoms with Crippen molar-refractivity contribution in [3.8, 4) is 6.07 Å². The fourth-order valence-electron chi connectivity index (χ4n) is 4.32. The molecular formula is C24H22ClF3N6O5S. The van der Waals surface area contributed by atoms with Gasteiger partial charge in [-0.15, -0.1) is 0 Å². The van der Waals surface area contributed by atoms with Crippen LogP contribution in [0.1, 0.15) is 23.6 Å². The molecule has 0 spiro atoms. The Morgan fingerprint density at radius 3 is 2.48 bits per heavy atom. The number of nitrogens with zero attached hydrogens (tertiary/aromatic N) is 5. The number of rotatable bonds is 6. The number of piperazine rings is 1. The summed E-state index contributed by atoms with van der Waals surface area (Å²) in [5.41, 5.74) is -0.141. The van der Waals surface area contributed by atoms with Crippen LogP contribution >= 0.6 is 11.6 Å². The molecule has 1 aliphatic heterocycles. The zero-order chi connectivity index (χ0) is 29.4. The minimum absolute atomic E-state index is 0.0792. The molecule has 40 heavy (non-hydrogen) atoms. The van der Waals surface area contributed by atoms with Crippen LogP contribution in [0.25, 0.3) is 10.9 Å². The molecule has 1 fully saturated rings. The topological polar surface area (TPSA) is 149 Å². The summed E-state index contributed by atoms with van der Waals surface area (Å²) in [5, 5.41) is 17.5. The van der Waals surface area contributed by atoms with Crippen LogP contribution in [0.4, 0.5) is 23.7 Å². The van der Waals surface area contributed by atoms with Crippen LogP contribution in [0.3, 0.4) is 0 Å². The Kier molecular flexibility index (Phi) is 7.97. The maximum Gasteiger partial charge on any atom is 0.416 e. The number of anilines is 1. The molecule has 16 heteroatoms. The van der Waals surface area contributed by atoms with Crippen LogP contribution in [0, 0.1) is 11.3 Å². The van der Waals surface area contributed by atoms with Gasteiger partial charge in [-0.1, -0.05) is 18.5 Å². The summed E-state index contributed by atoms with van der Waals surface area (Å²) in [6, 6.07) is 6.18. The van der Waals surface area contributed by atoms with Crippen molar-refractivity contribution in [1.29, 1.82) is 5.26 Å². The van der Waals surface area contributed by atoms with Crippen molar-refractivity contribution in [3.05, 3.63) is 62.7 Å². The summed E-state index contributed by atoms with van der Waals surface area (Å²) in [5.74, 6) is -0.281. The van der Waals surface area contributed by atoms with Crippen molar-refractivity contribution >= 4 is 44.1 Å². The molecule has 3 aromatic rings. The van der Waals surface area contributed by atoms with Crippen molar-refractivity contribution in [1.82, 2.24) is 19.5 Å². The molecule has 1 aromatic heterocycles. The minimum Gasteiger partial charge on any atom is -0.465 e. The van der Waals surface area contributed by atoms with Crippen LogP contribution in [0.2, 0.25) is 5.02 Å². The Morgan fingerprint density at radius 1 is 1.23 bits per heavy atom. The molecule has 0 atom stereocenters. The standard InChI is InChI=1S/C24H22ClF3N6O5S/c1-2-40(38,39)19-4-3-14(11-29)9-18(19)31-34-13-30-21-15(22(34)35)10-17(24(26,27)28)16(20(21)25)12-32-5-7-33(8-6-32)23(36)37/h3-4,9-10,13,31H,2,5-8,12H2,1H3,(H,36,37). The Balaban J connectivity index is 1.79. The molecule has 212 valence electrons. The number of halogens is 4. The highest BCUT2D eigenvalue weighted by atomic mass is 35.5. The maximum atomic E-state index is 14.2. The van der Waals surface area contributed by atoms with E-state index in [4.69, 9.17) is 16.7 Å². The second-order valence-electron chi connectivity index (χ2n) is 8.91. The van der Waals surface area contributed by atoms with Crippen molar-refractivity contribution in [2.75, 3.05) is 37.4 Å². The molecule has 0 saturated carbocycles. The Labute approximate surface area is 230 Å². The quantitative estimate of drug-likeness (QED) is 0.435. The van der Waals surface area contributed by atoms with Gasteiger partial charge < -0.3 is 10.0 Å². The molecule has 1 amide bonds. The number of nitriles is 1. The average Bonchev–Trinajstić information content (AvgIpc) is 2.91. The fraction of sp³-hybridized carbons (Fsp3) is 0.333. The van der Waals surface area contributed by atoms with E-state index in [0.717, 1.165) is 15.9 Å². The molecule has 0 bridgehead atoms. The number of amides is 1. The number of nitrogens with one attached hydrogen (secondary N) is 1. The van der Waals surface area contributed by atoms with E-state index in [9.17, 15) is 36.4 Å². The van der Waals surface area contributed by atoms with E-state index in [1.54, 1.807) is 4.90 Å². The summed E-state index contributed by atoms with van der Waals surface area (Å²) in [4.78, 5) is 31.1. The van der Waals surface area contributed by atoms with Crippen LogP contribution in [0.5, 0.6) is 0 Å². The van der Waals surface area contributed by atoms with Gasteiger partial charge in [0.05, 0.1) is 49.5 Å². The first-order valence-electron chi connectivity index (χ1n) is 11.8. The number of benzene rings is 2. The number of aromatic nitrogens is 2. The van der Waals surface area contributed by atoms with Gasteiger partial charge in [-0.25, -0.2) is 22.9 Å². The highest BCUT2D eigenvalue weighted by molar-refractivity contribution is 7.91. The second kappa shape index (κ2) is 11.0. The van der Waals surface area contributed by atoms with Gasteiger partial charge in [-0.3, -0.25) is 15.1 Å². The first-order chi connectivity index (χ1) is 18.8. The van der Waals surface area contributed by atoms with E-state index >= 15 is 0 Å². The lowest BCUT2D eigenvalue weighted by atomic mass is 10.0. The van der Waals surface area contributed by atoms with Gasteiger partial charge in [0.1, 0.15) is 6.33 Å². The predicted molar refractivity (Wildman–Crippen MR) is 139 cm³/mol. The third-order valence-electron chi connectivity index (χ3n) is 6.49. The molecule has 1 saturated heterocycles. The van der Waals surface area contributed by atoms with Crippen LogP contribution in [-0.2, 0) is 22.6 Å². The van der Waals surface area contributed by atoms with Gasteiger partial charge in [0.15, 0.2) is 9.84 Å². The summed E-state index contributed by atoms with van der Waals surface area (Å²) in [6.07, 6.45) is -5.05. The molecule has 2 heterocycles. The zero-order valence-electron chi connectivity index (χ0n) is 20.9. The molecule has 0 aliphatic carbocycles. The molecule has 0 radical (unpaired) electrons. The maximum absolute atomic E-state index is 14.2. The lowest BCUT2D eigenvalue weighted by Crippen LogP contribution is -2.48. The second-order valence-corrected chi connectivity index (χ2v) is 11.5. The van der Waals surface area contributed by atoms with Gasteiger partial charge >= 0.3 is 12.3 Å². The molecule has 2 N–H and O–H groups in total. The van der Waals surface area contributed by atoms with E-state index < -0.39 is 38.6 Å². The van der Waals surface area contributed by atoms with E-state index in [2.05, 4.69) is 10.4 Å². The van der Waals surface area contributed by atoms with Crippen molar-refractivity contribution in [2.24, 2.45) is 0 Å². The van der Waals surface area contributed by atoms with Gasteiger partial charge in [0.2, 0.25) is 0 Å². The summed E-state index contributed by atoms with van der Waals surface area (Å²) >= 11 is 6.40. The Hall–Kier alpha value is -3.87. The summed E-state index contributed by atoms with van der Waals surface area (Å²) in [7, 11) is -3.81. The molecule has 1 aliphatic rings. The van der Waals surface area contributed by atoms with Gasteiger partial charge in [0, 0.05) is 32.7 Å². The first-order valence-corrected chi connectivity index (χ1v) is 13.8. The SMILES string of the molecule is CCS(=O)(=O)c1ccc(C#N)cc1Nn1cnc2c(Cl)c(CN3CCN(C(=O)O)CC3)c(C(F)(F)F)cc2c1=O. The lowest BCUT2D eigenvalue weighted by Gasteiger charge is -2.33. The number of hydrogen-bond donors (Lipinski definition) is 2. The van der Waals surface area contributed by atoms with Crippen LogP contribution in [0.15, 0.2) is 40.3 Å². The zero-order valence-corrected chi connectivity index (χ0v) is 22.4. The number of sulfone groups is 1. The van der Waals surface area contributed by atoms with Crippen LogP contribution < -0.4 is 11.0 Å². The molecule has 4 rings (SSSR count). The lowest BCUT2D eigenvalue weighted by molar-refractivity contribution is -0.138. The molecule has 2 aromatic carbocycles. The number of fused-ring (bicyclic) bond motifs is 1. The Bertz CT molecular complexity index is 1700. The summed E-state index contributed by atoms with van der Waals surface area (Å²) in [6.45, 7) is 1.74. The smallest absolute Gasteiger partial charge is 0.416 e. The molecule has 11 nitrogen and oxygen atoms in total. The van der Waals surface area contributed by atoms with Gasteiger partial charge in [-0.05, 0) is 29.8 Å². The van der Waals surface area contributed by atoms with Crippen molar-refractivity contribution < 1.29 is 31.5 Å². The highest BCUT2D eigenvalue weighted by Crippen LogP contribution is 2.39.